The summed E-state index contributed by atoms with van der Waals surface area (Å²) in [6, 6.07) is 5.20. The van der Waals surface area contributed by atoms with Crippen LogP contribution in [0.1, 0.15) is 16.1 Å². The van der Waals surface area contributed by atoms with Gasteiger partial charge < -0.3 is 4.74 Å². The molecule has 1 aromatic carbocycles. The largest absolute Gasteiger partial charge is 0.455 e. The number of rotatable bonds is 4. The van der Waals surface area contributed by atoms with Gasteiger partial charge in [0.1, 0.15) is 16.6 Å². The molecule has 1 aromatic heterocycles. The number of carbonyl (C=O) groups excluding carboxylic acids is 1. The van der Waals surface area contributed by atoms with Crippen LogP contribution in [0.5, 0.6) is 0 Å². The summed E-state index contributed by atoms with van der Waals surface area (Å²) in [6.45, 7) is -0.0199. The number of benzene rings is 1. The van der Waals surface area contributed by atoms with Crippen molar-refractivity contribution in [3.63, 3.8) is 0 Å². The van der Waals surface area contributed by atoms with Gasteiger partial charge in [0.15, 0.2) is 0 Å². The topological polar surface area (TPSA) is 52.1 Å². The average molecular weight is 335 g/mol. The number of halogens is 2. The molecule has 19 heavy (non-hydrogen) atoms. The summed E-state index contributed by atoms with van der Waals surface area (Å²) in [7, 11) is 0. The summed E-state index contributed by atoms with van der Waals surface area (Å²) >= 11 is 14.4. The first-order valence-electron chi connectivity index (χ1n) is 5.09. The van der Waals surface area contributed by atoms with Gasteiger partial charge in [-0.15, -0.1) is 16.9 Å². The Morgan fingerprint density at radius 1 is 1.47 bits per heavy atom. The van der Waals surface area contributed by atoms with Crippen LogP contribution >= 0.6 is 46.5 Å². The molecular weight excluding hydrogens is 327 g/mol. The average Bonchev–Trinajstić information content (AvgIpc) is 2.82. The minimum absolute atomic E-state index is 0.0199. The highest BCUT2D eigenvalue weighted by molar-refractivity contribution is 7.98. The van der Waals surface area contributed by atoms with E-state index >= 15 is 0 Å². The van der Waals surface area contributed by atoms with E-state index in [9.17, 15) is 4.79 Å². The fraction of sp³-hybridized carbons (Fsp3) is 0.182. The summed E-state index contributed by atoms with van der Waals surface area (Å²) in [5.41, 5.74) is 0.769. The zero-order chi connectivity index (χ0) is 13.8. The first-order chi connectivity index (χ1) is 9.11. The number of hydrogen-bond acceptors (Lipinski definition) is 6. The number of carbonyl (C=O) groups is 1. The Morgan fingerprint density at radius 2 is 2.26 bits per heavy atom. The zero-order valence-electron chi connectivity index (χ0n) is 9.72. The smallest absolute Gasteiger partial charge is 0.340 e. The maximum absolute atomic E-state index is 11.9. The molecule has 0 aliphatic carbocycles. The van der Waals surface area contributed by atoms with E-state index < -0.39 is 5.97 Å². The lowest BCUT2D eigenvalue weighted by molar-refractivity contribution is 0.0468. The monoisotopic (exact) mass is 334 g/mol. The predicted molar refractivity (Wildman–Crippen MR) is 77.3 cm³/mol. The van der Waals surface area contributed by atoms with Gasteiger partial charge in [0.05, 0.1) is 10.6 Å². The second-order valence-electron chi connectivity index (χ2n) is 3.42. The molecule has 0 amide bonds. The quantitative estimate of drug-likeness (QED) is 0.626. The molecule has 4 nitrogen and oxygen atoms in total. The van der Waals surface area contributed by atoms with E-state index in [-0.39, 0.29) is 6.61 Å². The van der Waals surface area contributed by atoms with Crippen LogP contribution in [-0.4, -0.2) is 21.8 Å². The molecule has 100 valence electrons. The molecule has 0 fully saturated rings. The summed E-state index contributed by atoms with van der Waals surface area (Å²) in [5, 5.41) is 4.11. The number of ether oxygens (including phenoxy) is 1. The minimum atomic E-state index is -0.509. The Hall–Kier alpha value is -0.820. The van der Waals surface area contributed by atoms with Gasteiger partial charge in [-0.1, -0.05) is 27.7 Å². The number of thioether (sulfide) groups is 1. The third-order valence-electron chi connectivity index (χ3n) is 2.24. The van der Waals surface area contributed by atoms with E-state index in [0.29, 0.717) is 20.6 Å². The minimum Gasteiger partial charge on any atom is -0.455 e. The fourth-order valence-electron chi connectivity index (χ4n) is 1.28. The van der Waals surface area contributed by atoms with Crippen LogP contribution in [-0.2, 0) is 11.3 Å². The van der Waals surface area contributed by atoms with Crippen LogP contribution in [0.3, 0.4) is 0 Å². The van der Waals surface area contributed by atoms with Crippen LogP contribution < -0.4 is 0 Å². The van der Waals surface area contributed by atoms with Gasteiger partial charge in [0.25, 0.3) is 0 Å². The van der Waals surface area contributed by atoms with Gasteiger partial charge in [0, 0.05) is 16.4 Å². The van der Waals surface area contributed by atoms with Gasteiger partial charge in [-0.25, -0.2) is 4.79 Å². The second kappa shape index (κ2) is 6.56. The highest BCUT2D eigenvalue weighted by atomic mass is 35.5. The predicted octanol–water partition coefficient (Wildman–Crippen LogP) is 3.92. The summed E-state index contributed by atoms with van der Waals surface area (Å²) in [5.74, 6) is -0.509. The van der Waals surface area contributed by atoms with Crippen molar-refractivity contribution >= 4 is 52.5 Å². The molecule has 1 heterocycles. The zero-order valence-corrected chi connectivity index (χ0v) is 12.9. The van der Waals surface area contributed by atoms with Crippen LogP contribution in [0.4, 0.5) is 0 Å². The Bertz CT molecular complexity index is 604. The molecule has 0 unspecified atom stereocenters. The molecule has 0 aliphatic rings. The van der Waals surface area contributed by atoms with Crippen molar-refractivity contribution in [2.75, 3.05) is 6.26 Å². The Kier molecular flexibility index (Phi) is 5.04. The SMILES string of the molecule is CSc1ccc(Cl)c(C(=O)OCc2nnsc2Cl)c1. The van der Waals surface area contributed by atoms with E-state index in [1.165, 1.54) is 11.8 Å². The van der Waals surface area contributed by atoms with Crippen molar-refractivity contribution in [1.29, 1.82) is 0 Å². The molecule has 0 saturated carbocycles. The van der Waals surface area contributed by atoms with Crippen LogP contribution in [0, 0.1) is 0 Å². The summed E-state index contributed by atoms with van der Waals surface area (Å²) in [4.78, 5) is 12.9. The van der Waals surface area contributed by atoms with Crippen LogP contribution in [0.25, 0.3) is 0 Å². The molecule has 2 rings (SSSR count). The first-order valence-corrected chi connectivity index (χ1v) is 7.84. The molecular formula is C11H8Cl2N2O2S2. The van der Waals surface area contributed by atoms with Gasteiger partial charge in [-0.05, 0) is 24.5 Å². The standard InChI is InChI=1S/C11H8Cl2N2O2S2/c1-18-6-2-3-8(12)7(4-6)11(16)17-5-9-10(13)19-15-14-9/h2-4H,5H2,1H3. The number of hydrogen-bond donors (Lipinski definition) is 0. The molecule has 0 aliphatic heterocycles. The molecule has 0 radical (unpaired) electrons. The molecule has 8 heteroatoms. The van der Waals surface area contributed by atoms with E-state index in [1.54, 1.807) is 12.1 Å². The highest BCUT2D eigenvalue weighted by Gasteiger charge is 2.15. The van der Waals surface area contributed by atoms with Crippen molar-refractivity contribution in [1.82, 2.24) is 9.59 Å². The van der Waals surface area contributed by atoms with E-state index in [2.05, 4.69) is 9.59 Å². The van der Waals surface area contributed by atoms with Gasteiger partial charge in [-0.2, -0.15) is 0 Å². The van der Waals surface area contributed by atoms with Crippen LogP contribution in [0.2, 0.25) is 9.36 Å². The van der Waals surface area contributed by atoms with Crippen molar-refractivity contribution in [3.05, 3.63) is 38.8 Å². The molecule has 0 spiro atoms. The van der Waals surface area contributed by atoms with E-state index in [4.69, 9.17) is 27.9 Å². The van der Waals surface area contributed by atoms with Crippen molar-refractivity contribution in [3.8, 4) is 0 Å². The molecule has 0 atom stereocenters. The number of aromatic nitrogens is 2. The van der Waals surface area contributed by atoms with Gasteiger partial charge in [-0.3, -0.25) is 0 Å². The number of nitrogens with zero attached hydrogens (tertiary/aromatic N) is 2. The van der Waals surface area contributed by atoms with E-state index in [1.807, 2.05) is 12.3 Å². The van der Waals surface area contributed by atoms with Crippen molar-refractivity contribution < 1.29 is 9.53 Å². The lowest BCUT2D eigenvalue weighted by Crippen LogP contribution is -2.06. The van der Waals surface area contributed by atoms with Crippen LogP contribution in [0.15, 0.2) is 23.1 Å². The lowest BCUT2D eigenvalue weighted by atomic mass is 10.2. The van der Waals surface area contributed by atoms with E-state index in [0.717, 1.165) is 16.4 Å². The van der Waals surface area contributed by atoms with Crippen molar-refractivity contribution in [2.24, 2.45) is 0 Å². The Morgan fingerprint density at radius 3 is 2.89 bits per heavy atom. The molecule has 2 aromatic rings. The van der Waals surface area contributed by atoms with Crippen molar-refractivity contribution in [2.45, 2.75) is 11.5 Å². The molecule has 0 bridgehead atoms. The molecule has 0 saturated heterocycles. The Balaban J connectivity index is 2.10. The lowest BCUT2D eigenvalue weighted by Gasteiger charge is -2.06. The summed E-state index contributed by atoms with van der Waals surface area (Å²) < 4.78 is 9.19. The first kappa shape index (κ1) is 14.6. The normalized spacial score (nSPS) is 10.5. The highest BCUT2D eigenvalue weighted by Crippen LogP contribution is 2.24. The molecule has 0 N–H and O–H groups in total. The maximum atomic E-state index is 11.9. The number of esters is 1. The fourth-order valence-corrected chi connectivity index (χ4v) is 2.52. The van der Waals surface area contributed by atoms with Gasteiger partial charge in [0.2, 0.25) is 0 Å². The Labute approximate surface area is 128 Å². The third kappa shape index (κ3) is 3.60. The van der Waals surface area contributed by atoms with Gasteiger partial charge >= 0.3 is 5.97 Å². The summed E-state index contributed by atoms with van der Waals surface area (Å²) in [6.07, 6.45) is 1.92. The maximum Gasteiger partial charge on any atom is 0.340 e. The second-order valence-corrected chi connectivity index (χ2v) is 6.06. The third-order valence-corrected chi connectivity index (χ3v) is 4.28.